The Balaban J connectivity index is 0.000000250. The summed E-state index contributed by atoms with van der Waals surface area (Å²) in [5.41, 5.74) is 6.80. The van der Waals surface area contributed by atoms with Crippen LogP contribution in [-0.4, -0.2) is 59.2 Å². The van der Waals surface area contributed by atoms with E-state index in [-0.39, 0.29) is 17.8 Å². The molecule has 1 aliphatic heterocycles. The molecule has 1 saturated heterocycles. The maximum Gasteiger partial charge on any atom is 0.0142 e. The number of esters is 1. The Kier molecular flexibility index (Phi) is 12.0. The first-order valence-corrected chi connectivity index (χ1v) is 17.6. The van der Waals surface area contributed by atoms with Gasteiger partial charge in [0.15, 0.2) is 0 Å². The number of halogens is 3. The summed E-state index contributed by atoms with van der Waals surface area (Å²) in [6, 6.07) is 8.48. The van der Waals surface area contributed by atoms with E-state index in [1.165, 1.54) is 41.6 Å². The summed E-state index contributed by atoms with van der Waals surface area (Å²) in [4.78, 5) is 13.7. The third-order valence-electron chi connectivity index (χ3n) is 5.69. The first kappa shape index (κ1) is 30.0. The monoisotopic (exact) mass is 631 g/mol. The molecule has 1 heterocycles. The van der Waals surface area contributed by atoms with Gasteiger partial charge in [0, 0.05) is 12.2 Å². The van der Waals surface area contributed by atoms with Crippen molar-refractivity contribution < 1.29 is 27.4 Å². The van der Waals surface area contributed by atoms with Crippen LogP contribution in [0, 0.1) is 33.3 Å². The second-order valence-corrected chi connectivity index (χ2v) is 14.8. The number of hydrogen-bond donors (Lipinski definition) is 0. The molecule has 5 nitrogen and oxygen atoms in total. The predicted molar refractivity (Wildman–Crippen MR) is 148 cm³/mol. The molecule has 0 aliphatic carbocycles. The van der Waals surface area contributed by atoms with Gasteiger partial charge in [0.1, 0.15) is 0 Å². The number of anilines is 2. The number of rotatable bonds is 6. The van der Waals surface area contributed by atoms with Crippen molar-refractivity contribution in [3.8, 4) is 0 Å². The van der Waals surface area contributed by atoms with Gasteiger partial charge in [-0.2, -0.15) is 6.67 Å². The second-order valence-electron chi connectivity index (χ2n) is 8.22. The molecule has 1 fully saturated rings. The van der Waals surface area contributed by atoms with Gasteiger partial charge in [-0.25, -0.2) is 0 Å². The van der Waals surface area contributed by atoms with Crippen LogP contribution in [0.25, 0.3) is 0 Å². The van der Waals surface area contributed by atoms with Crippen LogP contribution in [0.3, 0.4) is 0 Å². The smallest absolute Gasteiger partial charge is 0.0142 e. The fourth-order valence-corrected chi connectivity index (χ4v) is 6.23. The normalized spacial score (nSPS) is 14.7. The van der Waals surface area contributed by atoms with Crippen molar-refractivity contribution in [1.82, 2.24) is 4.31 Å². The summed E-state index contributed by atoms with van der Waals surface area (Å²) in [6.07, 6.45) is 2.12. The first-order chi connectivity index (χ1) is 16.5. The molecule has 1 N–H and O–H groups in total. The summed E-state index contributed by atoms with van der Waals surface area (Å²) in [5, 5.41) is 0. The molecule has 1 atom stereocenters. The number of methoxy groups -OCH3 is 1. The van der Waals surface area contributed by atoms with Gasteiger partial charge in [-0.15, -0.1) is 11.9 Å². The maximum atomic E-state index is 13.3. The zero-order valence-electron chi connectivity index (χ0n) is 21.1. The minimum Gasteiger partial charge on any atom is -0.506 e. The molecule has 2 aromatic rings. The van der Waals surface area contributed by atoms with E-state index in [9.17, 15) is 9.18 Å². The van der Waals surface area contributed by atoms with Gasteiger partial charge in [-0.1, -0.05) is 17.7 Å². The van der Waals surface area contributed by atoms with Crippen LogP contribution >= 0.6 is 31.3 Å². The van der Waals surface area contributed by atoms with Gasteiger partial charge in [0.25, 0.3) is 0 Å². The fraction of sp³-hybridized carbons (Fsp3) is 0.400. The number of likely N-dealkylation sites (N-methyl/N-ethyl adjacent to an activating group) is 1. The Hall–Kier alpha value is -1.18. The average Bonchev–Trinajstić information content (AvgIpc) is 3.26. The van der Waals surface area contributed by atoms with Crippen molar-refractivity contribution in [2.45, 2.75) is 33.7 Å². The standard InChI is InChI=1S/C13H19N2S.C12H14FNO2.2ClH.Ru/c1-10-7-11(2)13(12(3)8-10)14-5-6-15(9-14)16-4;1-8-7-10(13)5-6-11(8)14(3)9(2)12(15)16-4;;;/h7-9H,5-6H2,1-4H3;1,5-7,9H,2-4H3;2*1H;/q-1;;;;+2/p-1. The van der Waals surface area contributed by atoms with E-state index >= 15 is 0 Å². The Morgan fingerprint density at radius 3 is 2.37 bits per heavy atom. The van der Waals surface area contributed by atoms with Crippen LogP contribution in [0.15, 0.2) is 30.3 Å². The molecule has 3 rings (SSSR count). The molecular weight excluding hydrogens is 597 g/mol. The van der Waals surface area contributed by atoms with Crippen molar-refractivity contribution in [2.24, 2.45) is 0 Å². The third-order valence-corrected chi connectivity index (χ3v) is 8.27. The van der Waals surface area contributed by atoms with Crippen LogP contribution in [-0.2, 0) is 18.3 Å². The molecule has 196 valence electrons. The van der Waals surface area contributed by atoms with E-state index < -0.39 is 13.5 Å². The topological polar surface area (TPSA) is 40.4 Å². The Morgan fingerprint density at radius 1 is 1.23 bits per heavy atom. The maximum absolute atomic E-state index is 13.3. The van der Waals surface area contributed by atoms with Gasteiger partial charge >= 0.3 is 125 Å². The molecule has 0 amide bonds. The van der Waals surface area contributed by atoms with E-state index in [4.69, 9.17) is 24.1 Å². The molecule has 0 radical (unpaired) electrons. The van der Waals surface area contributed by atoms with Crippen LogP contribution < -0.4 is 9.80 Å². The quantitative estimate of drug-likeness (QED) is 0.129. The number of benzene rings is 2. The van der Waals surface area contributed by atoms with E-state index in [2.05, 4.69) is 55.0 Å². The number of ether oxygens (including phenoxy) is 1. The van der Waals surface area contributed by atoms with E-state index in [1.807, 2.05) is 0 Å². The molecule has 35 heavy (non-hydrogen) atoms. The van der Waals surface area contributed by atoms with E-state index in [1.54, 1.807) is 41.5 Å². The molecule has 0 bridgehead atoms. The molecule has 10 heteroatoms. The third kappa shape index (κ3) is 8.43. The SMILES string of the molecule is COC(=[OH+])C(C)N(C)c1ccc(F)cc1[CH]=[Ru]([Cl])[Cl].CSN1[CH-]N(c2c(C)cc(C)cc2C)CC1. The van der Waals surface area contributed by atoms with Crippen molar-refractivity contribution >= 4 is 53.3 Å². The average molecular weight is 632 g/mol. The summed E-state index contributed by atoms with van der Waals surface area (Å²) in [6.45, 7) is 12.7. The largest absolute Gasteiger partial charge is 0.506 e. The van der Waals surface area contributed by atoms with Crippen molar-refractivity contribution in [2.75, 3.05) is 43.3 Å². The van der Waals surface area contributed by atoms with Gasteiger partial charge in [-0.05, 0) is 44.7 Å². The van der Waals surface area contributed by atoms with Crippen molar-refractivity contribution in [1.29, 1.82) is 0 Å². The fourth-order valence-electron chi connectivity index (χ4n) is 3.97. The van der Waals surface area contributed by atoms with E-state index in [0.717, 1.165) is 18.8 Å². The van der Waals surface area contributed by atoms with Crippen molar-refractivity contribution in [3.05, 3.63) is 65.1 Å². The van der Waals surface area contributed by atoms with Gasteiger partial charge in [0.2, 0.25) is 0 Å². The molecule has 0 aromatic heterocycles. The van der Waals surface area contributed by atoms with Gasteiger partial charge in [0.05, 0.1) is 0 Å². The summed E-state index contributed by atoms with van der Waals surface area (Å²) in [5.74, 6) is -0.483. The predicted octanol–water partition coefficient (Wildman–Crippen LogP) is 6.01. The van der Waals surface area contributed by atoms with Crippen molar-refractivity contribution in [3.63, 3.8) is 0 Å². The van der Waals surface area contributed by atoms with Gasteiger partial charge < -0.3 is 9.21 Å². The molecule has 0 spiro atoms. The van der Waals surface area contributed by atoms with Crippen LogP contribution in [0.5, 0.6) is 0 Å². The number of hydrogen-bond acceptors (Lipinski definition) is 5. The first-order valence-electron chi connectivity index (χ1n) is 10.9. The second kappa shape index (κ2) is 13.9. The summed E-state index contributed by atoms with van der Waals surface area (Å²) < 4.78 is 22.0. The summed E-state index contributed by atoms with van der Waals surface area (Å²) in [7, 11) is 14.8. The van der Waals surface area contributed by atoms with Crippen LogP contribution in [0.4, 0.5) is 15.8 Å². The van der Waals surface area contributed by atoms with Gasteiger partial charge in [-0.3, -0.25) is 0 Å². The van der Waals surface area contributed by atoms with Crippen LogP contribution in [0.2, 0.25) is 0 Å². The zero-order chi connectivity index (χ0) is 26.3. The number of carbonyl (C=O) groups excluding carboxylic acids is 1. The minimum atomic E-state index is -2.07. The number of nitrogens with zero attached hydrogens (tertiary/aromatic N) is 3. The van der Waals surface area contributed by atoms with Crippen LogP contribution in [0.1, 0.15) is 29.2 Å². The summed E-state index contributed by atoms with van der Waals surface area (Å²) >= 11 is -0.284. The molecule has 1 aliphatic rings. The Morgan fingerprint density at radius 2 is 1.86 bits per heavy atom. The molecular formula is C25H34Cl2FN3O2RuS. The Bertz CT molecular complexity index is 1050. The number of aryl methyl sites for hydroxylation is 3. The minimum absolute atomic E-state index is 0.122. The molecule has 0 saturated carbocycles. The zero-order valence-corrected chi connectivity index (χ0v) is 25.2. The Labute approximate surface area is 226 Å². The molecule has 2 aromatic carbocycles. The molecule has 1 unspecified atom stereocenters. The van der Waals surface area contributed by atoms with E-state index in [0.29, 0.717) is 5.56 Å².